The van der Waals surface area contributed by atoms with Gasteiger partial charge in [-0.05, 0) is 106 Å². The molecule has 0 aliphatic heterocycles. The molecule has 42 heavy (non-hydrogen) atoms. The van der Waals surface area contributed by atoms with Gasteiger partial charge in [-0.1, -0.05) is 0 Å². The molecule has 12 N–H and O–H groups in total. The Morgan fingerprint density at radius 2 is 0.929 bits per heavy atom. The molecule has 0 saturated carbocycles. The lowest BCUT2D eigenvalue weighted by Crippen LogP contribution is -1.87. The van der Waals surface area contributed by atoms with Crippen LogP contribution in [-0.4, -0.2) is 39.9 Å². The van der Waals surface area contributed by atoms with E-state index < -0.39 is 0 Å². The fourth-order valence-corrected chi connectivity index (χ4v) is 6.82. The third kappa shape index (κ3) is 4.12. The lowest BCUT2D eigenvalue weighted by Gasteiger charge is -1.99. The topological polar surface area (TPSA) is 178 Å². The fraction of sp³-hybridized carbons (Fsp3) is 0. The van der Waals surface area contributed by atoms with Crippen molar-refractivity contribution in [3.05, 3.63) is 80.2 Å². The van der Waals surface area contributed by atoms with Gasteiger partial charge in [0.05, 0.1) is 90.7 Å². The normalized spacial score (nSPS) is 11.8. The first kappa shape index (κ1) is 25.3. The number of hydrogen-bond acceptors (Lipinski definition) is 2. The van der Waals surface area contributed by atoms with Crippen molar-refractivity contribution < 1.29 is 0 Å². The van der Waals surface area contributed by atoms with Gasteiger partial charge in [-0.3, -0.25) is 0 Å². The monoisotopic (exact) mass is 778 g/mol. The van der Waals surface area contributed by atoms with Crippen LogP contribution in [0.1, 0.15) is 0 Å². The maximum absolute atomic E-state index is 6.44. The summed E-state index contributed by atoms with van der Waals surface area (Å²) in [7, 11) is 0. The van der Waals surface area contributed by atoms with Crippen LogP contribution in [0.4, 0.5) is 11.4 Å². The lowest BCUT2D eigenvalue weighted by atomic mass is 10.3. The smallest absolute Gasteiger partial charge is 0.0858 e. The molecule has 8 aromatic rings. The zero-order chi connectivity index (χ0) is 28.5. The number of nitrogens with one attached hydrogen (secondary N) is 8. The molecule has 0 fully saturated rings. The Bertz CT molecular complexity index is 2040. The molecule has 0 unspecified atom stereocenters. The first-order valence-electron chi connectivity index (χ1n) is 13.2. The molecule has 0 atom stereocenters. The van der Waals surface area contributed by atoms with E-state index in [2.05, 4.69) is 115 Å². The second-order valence-corrected chi connectivity index (χ2v) is 12.5. The third-order valence-electron chi connectivity index (χ3n) is 7.53. The highest BCUT2D eigenvalue weighted by Crippen LogP contribution is 2.36. The standard InChI is InChI=1S/C30H24I2N10/c31-13-5-7-35-27(13)17-1-4-20(37-17)30-16(34)10-22(42-30)24-12-26-25(40-24)11-23(39-26)21-9-14(32)28(41-21)18-2-3-19(38-18)29-15(33)6-8-36-29/h1-12,35-42H,33-34H2. The van der Waals surface area contributed by atoms with E-state index in [1.54, 1.807) is 0 Å². The molecule has 12 heteroatoms. The minimum atomic E-state index is 0.679. The molecular formula is C30H24I2N10. The first-order valence-corrected chi connectivity index (χ1v) is 15.3. The van der Waals surface area contributed by atoms with Crippen molar-refractivity contribution in [2.45, 2.75) is 0 Å². The third-order valence-corrected chi connectivity index (χ3v) is 9.28. The maximum atomic E-state index is 6.44. The van der Waals surface area contributed by atoms with E-state index in [4.69, 9.17) is 11.5 Å². The maximum Gasteiger partial charge on any atom is 0.0858 e. The van der Waals surface area contributed by atoms with Gasteiger partial charge < -0.3 is 51.3 Å². The van der Waals surface area contributed by atoms with E-state index in [1.807, 2.05) is 42.7 Å². The van der Waals surface area contributed by atoms with E-state index in [-0.39, 0.29) is 0 Å². The average Bonchev–Trinajstić information content (AvgIpc) is 3.79. The summed E-state index contributed by atoms with van der Waals surface area (Å²) < 4.78 is 2.27. The molecule has 0 amide bonds. The molecule has 0 radical (unpaired) electrons. The molecule has 0 bridgehead atoms. The van der Waals surface area contributed by atoms with Gasteiger partial charge in [-0.25, -0.2) is 0 Å². The number of anilines is 2. The van der Waals surface area contributed by atoms with Gasteiger partial charge in [0, 0.05) is 19.5 Å². The highest BCUT2D eigenvalue weighted by atomic mass is 127. The van der Waals surface area contributed by atoms with E-state index in [0.29, 0.717) is 11.4 Å². The number of nitrogens with two attached hydrogens (primary N) is 2. The number of hydrogen-bond donors (Lipinski definition) is 10. The zero-order valence-corrected chi connectivity index (χ0v) is 26.2. The van der Waals surface area contributed by atoms with Crippen molar-refractivity contribution in [3.63, 3.8) is 0 Å². The molecule has 0 spiro atoms. The van der Waals surface area contributed by atoms with Crippen LogP contribution in [0.25, 0.3) is 79.4 Å². The van der Waals surface area contributed by atoms with Crippen LogP contribution in [0.2, 0.25) is 0 Å². The zero-order valence-electron chi connectivity index (χ0n) is 21.8. The van der Waals surface area contributed by atoms with Crippen LogP contribution in [-0.2, 0) is 0 Å². The fourth-order valence-electron chi connectivity index (χ4n) is 5.46. The van der Waals surface area contributed by atoms with Crippen molar-refractivity contribution in [2.75, 3.05) is 11.5 Å². The quantitative estimate of drug-likeness (QED) is 0.0775. The Balaban J connectivity index is 1.06. The van der Waals surface area contributed by atoms with E-state index >= 15 is 0 Å². The predicted molar refractivity (Wildman–Crippen MR) is 186 cm³/mol. The van der Waals surface area contributed by atoms with Gasteiger partial charge in [0.15, 0.2) is 0 Å². The highest BCUT2D eigenvalue weighted by Gasteiger charge is 2.17. The van der Waals surface area contributed by atoms with E-state index in [0.717, 1.165) is 86.5 Å². The van der Waals surface area contributed by atoms with Crippen molar-refractivity contribution in [2.24, 2.45) is 0 Å². The van der Waals surface area contributed by atoms with Crippen molar-refractivity contribution >= 4 is 67.6 Å². The Labute approximate surface area is 265 Å². The van der Waals surface area contributed by atoms with Gasteiger partial charge in [0.2, 0.25) is 0 Å². The summed E-state index contributed by atoms with van der Waals surface area (Å²) in [6, 6.07) is 20.4. The Hall–Kier alpha value is -4.44. The van der Waals surface area contributed by atoms with Gasteiger partial charge in [-0.2, -0.15) is 0 Å². The predicted octanol–water partition coefficient (Wildman–Crippen LogP) is 7.84. The summed E-state index contributed by atoms with van der Waals surface area (Å²) in [5.74, 6) is 0. The minimum absolute atomic E-state index is 0.679. The van der Waals surface area contributed by atoms with Gasteiger partial charge in [0.1, 0.15) is 0 Å². The van der Waals surface area contributed by atoms with Crippen molar-refractivity contribution in [1.29, 1.82) is 0 Å². The Morgan fingerprint density at radius 3 is 1.55 bits per heavy atom. The van der Waals surface area contributed by atoms with Gasteiger partial charge >= 0.3 is 0 Å². The van der Waals surface area contributed by atoms with E-state index in [9.17, 15) is 0 Å². The largest absolute Gasteiger partial charge is 0.397 e. The number of H-pyrrole nitrogens is 8. The number of nitrogen functional groups attached to an aromatic ring is 2. The number of fused-ring (bicyclic) bond motifs is 1. The van der Waals surface area contributed by atoms with Crippen LogP contribution in [0.15, 0.2) is 73.1 Å². The molecule has 8 rings (SSSR count). The molecular weight excluding hydrogens is 754 g/mol. The van der Waals surface area contributed by atoms with Crippen LogP contribution in [0, 0.1) is 7.14 Å². The second-order valence-electron chi connectivity index (χ2n) is 10.2. The molecule has 0 aliphatic carbocycles. The highest BCUT2D eigenvalue weighted by molar-refractivity contribution is 14.1. The molecule has 10 nitrogen and oxygen atoms in total. The van der Waals surface area contributed by atoms with Crippen LogP contribution >= 0.6 is 45.2 Å². The van der Waals surface area contributed by atoms with Crippen LogP contribution in [0.3, 0.4) is 0 Å². The van der Waals surface area contributed by atoms with E-state index in [1.165, 1.54) is 0 Å². The number of aromatic amines is 8. The number of aromatic nitrogens is 8. The first-order chi connectivity index (χ1) is 20.4. The van der Waals surface area contributed by atoms with Crippen molar-refractivity contribution in [1.82, 2.24) is 39.9 Å². The molecule has 0 aliphatic rings. The summed E-state index contributed by atoms with van der Waals surface area (Å²) >= 11 is 4.68. The molecule has 8 aromatic heterocycles. The summed E-state index contributed by atoms with van der Waals surface area (Å²) in [6.07, 6.45) is 3.78. The SMILES string of the molecule is Nc1cc[nH]c1-c1ccc(-c2[nH]c(-c3cc4[nH]c(-c5cc(N)c(-c6ccc(-c7[nH]ccc7I)[nH]6)[nH]5)cc4[nH]3)cc2I)[nH]1. The molecule has 0 aromatic carbocycles. The summed E-state index contributed by atoms with van der Waals surface area (Å²) in [6.45, 7) is 0. The Kier molecular flexibility index (Phi) is 5.75. The number of halogens is 2. The summed E-state index contributed by atoms with van der Waals surface area (Å²) in [5, 5.41) is 0. The molecule has 0 saturated heterocycles. The summed E-state index contributed by atoms with van der Waals surface area (Å²) in [4.78, 5) is 27.6. The van der Waals surface area contributed by atoms with Crippen LogP contribution in [0.5, 0.6) is 0 Å². The van der Waals surface area contributed by atoms with Crippen LogP contribution < -0.4 is 11.5 Å². The number of rotatable bonds is 6. The second kappa shape index (κ2) is 9.55. The van der Waals surface area contributed by atoms with Gasteiger partial charge in [-0.15, -0.1) is 0 Å². The molecule has 8 heterocycles. The van der Waals surface area contributed by atoms with Gasteiger partial charge in [0.25, 0.3) is 0 Å². The Morgan fingerprint density at radius 1 is 0.405 bits per heavy atom. The molecule has 208 valence electrons. The minimum Gasteiger partial charge on any atom is -0.397 e. The average molecular weight is 778 g/mol. The van der Waals surface area contributed by atoms with Crippen molar-refractivity contribution in [3.8, 4) is 68.3 Å². The lowest BCUT2D eigenvalue weighted by molar-refractivity contribution is 1.28. The summed E-state index contributed by atoms with van der Waals surface area (Å²) in [5.41, 5.74) is 27.5.